The first-order valence-corrected chi connectivity index (χ1v) is 3.62. The molecule has 1 fully saturated rings. The van der Waals surface area contributed by atoms with Gasteiger partial charge in [0.25, 0.3) is 0 Å². The van der Waals surface area contributed by atoms with Crippen LogP contribution < -0.4 is 0 Å². The summed E-state index contributed by atoms with van der Waals surface area (Å²) in [4.78, 5) is 13.3. The van der Waals surface area contributed by atoms with Crippen LogP contribution in [0.2, 0.25) is 0 Å². The average Bonchev–Trinajstić information content (AvgIpc) is 2.80. The number of esters is 1. The van der Waals surface area contributed by atoms with Crippen molar-refractivity contribution in [2.75, 3.05) is 6.54 Å². The van der Waals surface area contributed by atoms with Crippen LogP contribution in [0, 0.1) is 5.92 Å². The summed E-state index contributed by atoms with van der Waals surface area (Å²) in [6, 6.07) is 0. The van der Waals surface area contributed by atoms with Crippen LogP contribution in [0.3, 0.4) is 0 Å². The van der Waals surface area contributed by atoms with Gasteiger partial charge < -0.3 is 4.74 Å². The Bertz CT molecular complexity index is 245. The van der Waals surface area contributed by atoms with Gasteiger partial charge in [-0.15, -0.1) is 0 Å². The van der Waals surface area contributed by atoms with Crippen LogP contribution in [0.5, 0.6) is 0 Å². The summed E-state index contributed by atoms with van der Waals surface area (Å²) in [6.45, 7) is 3.68. The molecule has 0 bridgehead atoms. The lowest BCUT2D eigenvalue weighted by Gasteiger charge is -1.97. The Hall–Kier alpha value is -1.48. The Morgan fingerprint density at radius 1 is 1.92 bits per heavy atom. The lowest BCUT2D eigenvalue weighted by molar-refractivity contribution is -0.139. The zero-order valence-electron chi connectivity index (χ0n) is 6.51. The first kappa shape index (κ1) is 8.62. The predicted molar refractivity (Wildman–Crippen MR) is 42.2 cm³/mol. The first-order valence-electron chi connectivity index (χ1n) is 3.62. The number of hydrogen-bond acceptors (Lipinski definition) is 3. The molecular weight excluding hydrogens is 158 g/mol. The van der Waals surface area contributed by atoms with E-state index in [0.717, 1.165) is 12.5 Å². The fourth-order valence-corrected chi connectivity index (χ4v) is 0.895. The molecule has 1 aliphatic rings. The zero-order valence-corrected chi connectivity index (χ0v) is 6.51. The summed E-state index contributed by atoms with van der Waals surface area (Å²) in [6.07, 6.45) is 1.85. The molecule has 0 aromatic rings. The zero-order chi connectivity index (χ0) is 8.97. The van der Waals surface area contributed by atoms with E-state index in [1.807, 2.05) is 0 Å². The molecule has 1 saturated carbocycles. The summed E-state index contributed by atoms with van der Waals surface area (Å²) in [5.74, 6) is -0.201. The topological polar surface area (TPSA) is 75.1 Å². The molecule has 64 valence electrons. The van der Waals surface area contributed by atoms with Gasteiger partial charge in [0.1, 0.15) is 6.10 Å². The van der Waals surface area contributed by atoms with E-state index in [-0.39, 0.29) is 12.0 Å². The summed E-state index contributed by atoms with van der Waals surface area (Å²) >= 11 is 0. The highest BCUT2D eigenvalue weighted by atomic mass is 16.5. The standard InChI is InChI=1S/C7H9N3O2/c1-2-7(11)12-6-3-5(6)4-9-10-8/h2,5-6H,1,3-4H2. The summed E-state index contributed by atoms with van der Waals surface area (Å²) in [7, 11) is 0. The molecule has 0 spiro atoms. The van der Waals surface area contributed by atoms with Crippen LogP contribution in [-0.2, 0) is 9.53 Å². The van der Waals surface area contributed by atoms with Crippen molar-refractivity contribution in [1.82, 2.24) is 0 Å². The van der Waals surface area contributed by atoms with E-state index in [2.05, 4.69) is 16.6 Å². The number of hydrogen-bond donors (Lipinski definition) is 0. The van der Waals surface area contributed by atoms with Gasteiger partial charge in [0.2, 0.25) is 0 Å². The minimum Gasteiger partial charge on any atom is -0.459 e. The minimum atomic E-state index is -0.413. The molecule has 12 heavy (non-hydrogen) atoms. The van der Waals surface area contributed by atoms with Crippen molar-refractivity contribution in [3.63, 3.8) is 0 Å². The highest BCUT2D eigenvalue weighted by Gasteiger charge is 2.39. The maximum Gasteiger partial charge on any atom is 0.330 e. The summed E-state index contributed by atoms with van der Waals surface area (Å²) < 4.78 is 4.88. The number of rotatable bonds is 4. The molecule has 0 amide bonds. The highest BCUT2D eigenvalue weighted by Crippen LogP contribution is 2.33. The molecule has 5 heteroatoms. The molecule has 0 saturated heterocycles. The van der Waals surface area contributed by atoms with E-state index >= 15 is 0 Å². The van der Waals surface area contributed by atoms with Gasteiger partial charge >= 0.3 is 5.97 Å². The number of azide groups is 1. The van der Waals surface area contributed by atoms with Crippen LogP contribution in [-0.4, -0.2) is 18.6 Å². The van der Waals surface area contributed by atoms with Crippen LogP contribution in [0.15, 0.2) is 17.8 Å². The van der Waals surface area contributed by atoms with E-state index in [4.69, 9.17) is 10.3 Å². The van der Waals surface area contributed by atoms with Crippen molar-refractivity contribution in [2.45, 2.75) is 12.5 Å². The molecule has 0 heterocycles. The molecule has 5 nitrogen and oxygen atoms in total. The maximum atomic E-state index is 10.6. The molecule has 2 atom stereocenters. The lowest BCUT2D eigenvalue weighted by atomic mass is 10.4. The molecule has 0 aromatic heterocycles. The summed E-state index contributed by atoms with van der Waals surface area (Å²) in [5.41, 5.74) is 7.99. The monoisotopic (exact) mass is 167 g/mol. The van der Waals surface area contributed by atoms with Crippen molar-refractivity contribution < 1.29 is 9.53 Å². The van der Waals surface area contributed by atoms with E-state index in [0.29, 0.717) is 6.54 Å². The average molecular weight is 167 g/mol. The second-order valence-electron chi connectivity index (χ2n) is 2.59. The maximum absolute atomic E-state index is 10.6. The van der Waals surface area contributed by atoms with E-state index in [9.17, 15) is 4.79 Å². The highest BCUT2D eigenvalue weighted by molar-refractivity contribution is 5.81. The fourth-order valence-electron chi connectivity index (χ4n) is 0.895. The summed E-state index contributed by atoms with van der Waals surface area (Å²) in [5, 5.41) is 3.38. The smallest absolute Gasteiger partial charge is 0.330 e. The SMILES string of the molecule is C=CC(=O)OC1CC1CN=[N+]=[N-]. The van der Waals surface area contributed by atoms with Gasteiger partial charge in [-0.05, 0) is 12.0 Å². The van der Waals surface area contributed by atoms with Gasteiger partial charge in [0.05, 0.1) is 0 Å². The third kappa shape index (κ3) is 2.29. The molecule has 1 aliphatic carbocycles. The Kier molecular flexibility index (Phi) is 2.71. The van der Waals surface area contributed by atoms with Gasteiger partial charge in [-0.3, -0.25) is 0 Å². The van der Waals surface area contributed by atoms with Crippen LogP contribution >= 0.6 is 0 Å². The minimum absolute atomic E-state index is 0.0685. The van der Waals surface area contributed by atoms with Gasteiger partial charge in [-0.25, -0.2) is 4.79 Å². The molecule has 0 N–H and O–H groups in total. The molecule has 0 radical (unpaired) electrons. The molecule has 2 unspecified atom stereocenters. The van der Waals surface area contributed by atoms with Crippen molar-refractivity contribution >= 4 is 5.97 Å². The van der Waals surface area contributed by atoms with Crippen molar-refractivity contribution in [2.24, 2.45) is 11.0 Å². The number of ether oxygens (including phenoxy) is 1. The molecular formula is C7H9N3O2. The van der Waals surface area contributed by atoms with Crippen LogP contribution in [0.1, 0.15) is 6.42 Å². The third-order valence-corrected chi connectivity index (χ3v) is 1.67. The Morgan fingerprint density at radius 3 is 3.25 bits per heavy atom. The quantitative estimate of drug-likeness (QED) is 0.209. The number of nitrogens with zero attached hydrogens (tertiary/aromatic N) is 3. The number of carbonyl (C=O) groups excluding carboxylic acids is 1. The van der Waals surface area contributed by atoms with Crippen LogP contribution in [0.25, 0.3) is 10.4 Å². The number of carbonyl (C=O) groups is 1. The molecule has 1 rings (SSSR count). The van der Waals surface area contributed by atoms with Gasteiger partial charge in [0, 0.05) is 23.5 Å². The normalized spacial score (nSPS) is 25.3. The van der Waals surface area contributed by atoms with Gasteiger partial charge in [-0.2, -0.15) is 0 Å². The molecule has 0 aliphatic heterocycles. The van der Waals surface area contributed by atoms with Crippen LogP contribution in [0.4, 0.5) is 0 Å². The Labute approximate surface area is 69.6 Å². The van der Waals surface area contributed by atoms with Gasteiger partial charge in [0.15, 0.2) is 0 Å². The predicted octanol–water partition coefficient (Wildman–Crippen LogP) is 1.41. The first-order chi connectivity index (χ1) is 5.77. The molecule has 0 aromatic carbocycles. The Morgan fingerprint density at radius 2 is 2.67 bits per heavy atom. The second kappa shape index (κ2) is 3.78. The Balaban J connectivity index is 2.19. The lowest BCUT2D eigenvalue weighted by Crippen LogP contribution is -2.04. The largest absolute Gasteiger partial charge is 0.459 e. The fraction of sp³-hybridized carbons (Fsp3) is 0.571. The van der Waals surface area contributed by atoms with Crippen molar-refractivity contribution in [1.29, 1.82) is 0 Å². The van der Waals surface area contributed by atoms with E-state index < -0.39 is 5.97 Å². The van der Waals surface area contributed by atoms with E-state index in [1.165, 1.54) is 0 Å². The van der Waals surface area contributed by atoms with E-state index in [1.54, 1.807) is 0 Å². The van der Waals surface area contributed by atoms with Gasteiger partial charge in [-0.1, -0.05) is 11.7 Å². The van der Waals surface area contributed by atoms with Crippen molar-refractivity contribution in [3.05, 3.63) is 23.1 Å². The third-order valence-electron chi connectivity index (χ3n) is 1.67. The van der Waals surface area contributed by atoms with Crippen molar-refractivity contribution in [3.8, 4) is 0 Å². The second-order valence-corrected chi connectivity index (χ2v) is 2.59.